The van der Waals surface area contributed by atoms with Gasteiger partial charge in [0, 0.05) is 34.1 Å². The molecule has 2 aliphatic heterocycles. The highest BCUT2D eigenvalue weighted by atomic mass is 15.2. The fourth-order valence-corrected chi connectivity index (χ4v) is 12.1. The molecular formula is C62H41BN2. The smallest absolute Gasteiger partial charge is 0.252 e. The summed E-state index contributed by atoms with van der Waals surface area (Å²) in [5.74, 6) is 0. The largest absolute Gasteiger partial charge is 0.311 e. The van der Waals surface area contributed by atoms with E-state index in [4.69, 9.17) is 0 Å². The van der Waals surface area contributed by atoms with Gasteiger partial charge in [-0.1, -0.05) is 182 Å². The van der Waals surface area contributed by atoms with Crippen LogP contribution in [0.4, 0.5) is 34.1 Å². The van der Waals surface area contributed by atoms with E-state index in [2.05, 4.69) is 247 Å². The molecule has 2 heterocycles. The summed E-state index contributed by atoms with van der Waals surface area (Å²) < 4.78 is 0. The van der Waals surface area contributed by atoms with Crippen LogP contribution in [0, 0.1) is 6.92 Å². The first-order valence-corrected chi connectivity index (χ1v) is 22.8. The predicted octanol–water partition coefficient (Wildman–Crippen LogP) is 13.8. The second-order valence-electron chi connectivity index (χ2n) is 18.0. The molecule has 0 saturated heterocycles. The van der Waals surface area contributed by atoms with Crippen molar-refractivity contribution in [1.29, 1.82) is 0 Å². The third-order valence-corrected chi connectivity index (χ3v) is 14.7. The molecule has 10 aromatic rings. The van der Waals surface area contributed by atoms with Crippen molar-refractivity contribution in [2.75, 3.05) is 9.80 Å². The van der Waals surface area contributed by atoms with Crippen LogP contribution >= 0.6 is 0 Å². The van der Waals surface area contributed by atoms with Gasteiger partial charge < -0.3 is 9.80 Å². The Kier molecular flexibility index (Phi) is 7.65. The third-order valence-electron chi connectivity index (χ3n) is 14.7. The van der Waals surface area contributed by atoms with Crippen molar-refractivity contribution in [3.63, 3.8) is 0 Å². The minimum Gasteiger partial charge on any atom is -0.311 e. The maximum Gasteiger partial charge on any atom is 0.252 e. The van der Waals surface area contributed by atoms with Crippen LogP contribution in [0.2, 0.25) is 0 Å². The quantitative estimate of drug-likeness (QED) is 0.163. The monoisotopic (exact) mass is 824 g/mol. The van der Waals surface area contributed by atoms with Crippen LogP contribution in [-0.2, 0) is 5.41 Å². The van der Waals surface area contributed by atoms with Crippen molar-refractivity contribution >= 4 is 57.2 Å². The first-order chi connectivity index (χ1) is 32.2. The summed E-state index contributed by atoms with van der Waals surface area (Å²) in [7, 11) is 0. The van der Waals surface area contributed by atoms with Crippen LogP contribution in [0.25, 0.3) is 44.5 Å². The topological polar surface area (TPSA) is 6.48 Å². The lowest BCUT2D eigenvalue weighted by Crippen LogP contribution is -2.61. The molecule has 0 atom stereocenters. The Morgan fingerprint density at radius 1 is 0.323 bits per heavy atom. The van der Waals surface area contributed by atoms with Gasteiger partial charge in [0.15, 0.2) is 0 Å². The molecular weight excluding hydrogens is 784 g/mol. The van der Waals surface area contributed by atoms with E-state index in [9.17, 15) is 0 Å². The molecule has 0 bridgehead atoms. The number of aryl methyl sites for hydroxylation is 1. The summed E-state index contributed by atoms with van der Waals surface area (Å²) in [5.41, 5.74) is 27.5. The zero-order valence-electron chi connectivity index (χ0n) is 35.9. The summed E-state index contributed by atoms with van der Waals surface area (Å²) in [4.78, 5) is 5.08. The lowest BCUT2D eigenvalue weighted by molar-refractivity contribution is 0.794. The minimum atomic E-state index is -0.387. The van der Waals surface area contributed by atoms with E-state index < -0.39 is 0 Å². The molecule has 2 nitrogen and oxygen atoms in total. The Morgan fingerprint density at radius 2 is 0.785 bits per heavy atom. The number of anilines is 6. The molecule has 14 rings (SSSR count). The maximum absolute atomic E-state index is 2.56. The standard InChI is InChI=1S/C62H41BN2/c1-40-36-59-61-60(37-40)65(46-33-34-54-50(39-46)49-22-10-13-25-53(49)62(54)51-23-11-8-20-47(51)48-21-9-12-24-52(48)62)57-27-15-14-26-55(57)63(61)56-38-44(42-18-6-3-7-19-42)30-35-58(56)64(59)45-31-28-43(29-32-45)41-16-4-2-5-17-41/h2-39H,1H3. The molecule has 0 amide bonds. The highest BCUT2D eigenvalue weighted by Crippen LogP contribution is 2.63. The van der Waals surface area contributed by atoms with E-state index in [0.717, 1.165) is 11.4 Å². The Balaban J connectivity index is 1.00. The van der Waals surface area contributed by atoms with Gasteiger partial charge in [-0.25, -0.2) is 0 Å². The summed E-state index contributed by atoms with van der Waals surface area (Å²) in [6, 6.07) is 86.4. The molecule has 0 radical (unpaired) electrons. The molecule has 0 fully saturated rings. The molecule has 0 saturated carbocycles. The molecule has 0 aromatic heterocycles. The van der Waals surface area contributed by atoms with Gasteiger partial charge >= 0.3 is 0 Å². The van der Waals surface area contributed by atoms with Gasteiger partial charge in [-0.3, -0.25) is 0 Å². The average Bonchev–Trinajstić information content (AvgIpc) is 3.84. The van der Waals surface area contributed by atoms with Gasteiger partial charge in [-0.05, 0) is 144 Å². The average molecular weight is 825 g/mol. The molecule has 65 heavy (non-hydrogen) atoms. The fraction of sp³-hybridized carbons (Fsp3) is 0.0323. The summed E-state index contributed by atoms with van der Waals surface area (Å²) in [5, 5.41) is 0. The predicted molar refractivity (Wildman–Crippen MR) is 272 cm³/mol. The normalized spacial score (nSPS) is 14.0. The number of hydrogen-bond acceptors (Lipinski definition) is 2. The lowest BCUT2D eigenvalue weighted by atomic mass is 9.33. The van der Waals surface area contributed by atoms with Crippen molar-refractivity contribution < 1.29 is 0 Å². The van der Waals surface area contributed by atoms with E-state index >= 15 is 0 Å². The van der Waals surface area contributed by atoms with Gasteiger partial charge in [0.25, 0.3) is 6.71 Å². The molecule has 10 aromatic carbocycles. The summed E-state index contributed by atoms with van der Waals surface area (Å²) in [6.07, 6.45) is 0. The van der Waals surface area contributed by atoms with Gasteiger partial charge in [0.1, 0.15) is 0 Å². The lowest BCUT2D eigenvalue weighted by Gasteiger charge is -2.44. The van der Waals surface area contributed by atoms with Crippen LogP contribution < -0.4 is 26.2 Å². The Morgan fingerprint density at radius 3 is 1.43 bits per heavy atom. The van der Waals surface area contributed by atoms with Crippen molar-refractivity contribution in [3.8, 4) is 44.5 Å². The first-order valence-electron chi connectivity index (χ1n) is 22.8. The molecule has 3 heteroatoms. The van der Waals surface area contributed by atoms with Crippen molar-refractivity contribution in [2.45, 2.75) is 12.3 Å². The van der Waals surface area contributed by atoms with E-state index in [1.807, 2.05) is 0 Å². The number of fused-ring (bicyclic) bond motifs is 14. The van der Waals surface area contributed by atoms with Crippen LogP contribution in [0.15, 0.2) is 231 Å². The Hall–Kier alpha value is -8.14. The van der Waals surface area contributed by atoms with Gasteiger partial charge in [-0.15, -0.1) is 0 Å². The molecule has 0 N–H and O–H groups in total. The number of para-hydroxylation sites is 1. The van der Waals surface area contributed by atoms with Crippen LogP contribution in [0.1, 0.15) is 27.8 Å². The van der Waals surface area contributed by atoms with E-state index in [1.54, 1.807) is 0 Å². The fourth-order valence-electron chi connectivity index (χ4n) is 12.1. The van der Waals surface area contributed by atoms with Gasteiger partial charge in [0.2, 0.25) is 0 Å². The summed E-state index contributed by atoms with van der Waals surface area (Å²) >= 11 is 0. The molecule has 2 aliphatic carbocycles. The maximum atomic E-state index is 2.56. The van der Waals surface area contributed by atoms with Gasteiger partial charge in [-0.2, -0.15) is 0 Å². The molecule has 302 valence electrons. The Bertz CT molecular complexity index is 3530. The third kappa shape index (κ3) is 5.01. The highest BCUT2D eigenvalue weighted by molar-refractivity contribution is 7.00. The van der Waals surface area contributed by atoms with E-state index in [-0.39, 0.29) is 12.1 Å². The van der Waals surface area contributed by atoms with Crippen LogP contribution in [0.5, 0.6) is 0 Å². The highest BCUT2D eigenvalue weighted by Gasteiger charge is 2.52. The van der Waals surface area contributed by atoms with Crippen LogP contribution in [0.3, 0.4) is 0 Å². The van der Waals surface area contributed by atoms with Crippen molar-refractivity contribution in [3.05, 3.63) is 258 Å². The van der Waals surface area contributed by atoms with Crippen molar-refractivity contribution in [1.82, 2.24) is 0 Å². The Labute approximate surface area is 380 Å². The zero-order chi connectivity index (χ0) is 42.8. The van der Waals surface area contributed by atoms with E-state index in [1.165, 1.54) is 111 Å². The number of hydrogen-bond donors (Lipinski definition) is 0. The zero-order valence-corrected chi connectivity index (χ0v) is 35.9. The van der Waals surface area contributed by atoms with E-state index in [0.29, 0.717) is 0 Å². The first kappa shape index (κ1) is 36.4. The number of rotatable bonds is 4. The van der Waals surface area contributed by atoms with Crippen molar-refractivity contribution in [2.24, 2.45) is 0 Å². The SMILES string of the molecule is Cc1cc2c3c(c1)N(c1ccc(-c4ccccc4)cc1)c1ccc(-c4ccccc4)cc1B3c1ccccc1N2c1ccc2c(c1)-c1ccccc1C21c2ccccc2-c2ccccc21. The molecule has 1 spiro atoms. The van der Waals surface area contributed by atoms with Crippen LogP contribution in [-0.4, -0.2) is 6.71 Å². The van der Waals surface area contributed by atoms with Gasteiger partial charge in [0.05, 0.1) is 5.41 Å². The second-order valence-corrected chi connectivity index (χ2v) is 18.0. The molecule has 0 unspecified atom stereocenters. The summed E-state index contributed by atoms with van der Waals surface area (Å²) in [6.45, 7) is 2.28. The second kappa shape index (κ2) is 13.7. The number of nitrogens with zero attached hydrogens (tertiary/aromatic N) is 2. The minimum absolute atomic E-state index is 0.0245. The molecule has 4 aliphatic rings. The number of benzene rings is 10.